The van der Waals surface area contributed by atoms with E-state index in [-0.39, 0.29) is 17.5 Å². The molecule has 144 valence electrons. The van der Waals surface area contributed by atoms with Gasteiger partial charge >= 0.3 is 0 Å². The van der Waals surface area contributed by atoms with Gasteiger partial charge in [-0.25, -0.2) is 0 Å². The highest BCUT2D eigenvalue weighted by Crippen LogP contribution is 2.56. The SMILES string of the molecule is CC[C@]12C(=C(O)c3ccccc3N1C)C(=O)c1ccccc1[C@H]2c1ccccc1. The van der Waals surface area contributed by atoms with Gasteiger partial charge in [-0.2, -0.15) is 0 Å². The lowest BCUT2D eigenvalue weighted by molar-refractivity contribution is 0.0994. The van der Waals surface area contributed by atoms with Crippen LogP contribution in [0.15, 0.2) is 84.4 Å². The van der Waals surface area contributed by atoms with Crippen molar-refractivity contribution in [1.29, 1.82) is 0 Å². The zero-order chi connectivity index (χ0) is 20.2. The number of benzene rings is 3. The van der Waals surface area contributed by atoms with Crippen molar-refractivity contribution in [3.05, 3.63) is 107 Å². The Labute approximate surface area is 170 Å². The van der Waals surface area contributed by atoms with E-state index in [1.165, 1.54) is 0 Å². The molecule has 0 aromatic heterocycles. The zero-order valence-corrected chi connectivity index (χ0v) is 16.6. The quantitative estimate of drug-likeness (QED) is 0.630. The highest BCUT2D eigenvalue weighted by molar-refractivity contribution is 6.18. The van der Waals surface area contributed by atoms with Crippen LogP contribution >= 0.6 is 0 Å². The predicted octanol–water partition coefficient (Wildman–Crippen LogP) is 5.58. The van der Waals surface area contributed by atoms with Gasteiger partial charge in [0, 0.05) is 29.8 Å². The van der Waals surface area contributed by atoms with Gasteiger partial charge in [0.05, 0.1) is 11.1 Å². The second-order valence-corrected chi connectivity index (χ2v) is 7.84. The minimum absolute atomic E-state index is 0.0712. The maximum atomic E-state index is 13.7. The van der Waals surface area contributed by atoms with Gasteiger partial charge in [-0.05, 0) is 29.7 Å². The molecule has 0 unspecified atom stereocenters. The second kappa shape index (κ2) is 6.35. The molecule has 2 aliphatic rings. The summed E-state index contributed by atoms with van der Waals surface area (Å²) < 4.78 is 0. The van der Waals surface area contributed by atoms with Gasteiger partial charge in [-0.3, -0.25) is 4.79 Å². The van der Waals surface area contributed by atoms with E-state index in [2.05, 4.69) is 30.0 Å². The molecule has 0 radical (unpaired) electrons. The summed E-state index contributed by atoms with van der Waals surface area (Å²) in [7, 11) is 2.05. The Hall–Kier alpha value is -3.33. The molecule has 1 heterocycles. The third-order valence-corrected chi connectivity index (χ3v) is 6.68. The number of nitrogens with zero attached hydrogens (tertiary/aromatic N) is 1. The molecule has 3 nitrogen and oxygen atoms in total. The number of rotatable bonds is 2. The van der Waals surface area contributed by atoms with E-state index in [1.54, 1.807) is 0 Å². The molecule has 1 aliphatic heterocycles. The molecule has 0 saturated carbocycles. The third-order valence-electron chi connectivity index (χ3n) is 6.68. The van der Waals surface area contributed by atoms with Gasteiger partial charge in [-0.15, -0.1) is 0 Å². The first-order chi connectivity index (χ1) is 14.1. The molecule has 3 heteroatoms. The number of hydrogen-bond donors (Lipinski definition) is 1. The van der Waals surface area contributed by atoms with Crippen LogP contribution < -0.4 is 4.90 Å². The summed E-state index contributed by atoms with van der Waals surface area (Å²) in [5.74, 6) is -0.0347. The van der Waals surface area contributed by atoms with E-state index < -0.39 is 5.54 Å². The van der Waals surface area contributed by atoms with E-state index in [0.29, 0.717) is 23.1 Å². The summed E-state index contributed by atoms with van der Waals surface area (Å²) in [4.78, 5) is 15.9. The minimum atomic E-state index is -0.661. The average Bonchev–Trinajstić information content (AvgIpc) is 2.78. The first-order valence-electron chi connectivity index (χ1n) is 10.1. The number of anilines is 1. The number of hydrogen-bond acceptors (Lipinski definition) is 3. The number of fused-ring (bicyclic) bond motifs is 3. The van der Waals surface area contributed by atoms with Gasteiger partial charge in [-0.1, -0.05) is 73.7 Å². The van der Waals surface area contributed by atoms with Crippen molar-refractivity contribution in [3.8, 4) is 0 Å². The fraction of sp³-hybridized carbons (Fsp3) is 0.192. The van der Waals surface area contributed by atoms with Crippen molar-refractivity contribution in [1.82, 2.24) is 0 Å². The van der Waals surface area contributed by atoms with E-state index in [1.807, 2.05) is 67.7 Å². The zero-order valence-electron chi connectivity index (χ0n) is 16.6. The molecule has 0 saturated heterocycles. The topological polar surface area (TPSA) is 40.5 Å². The van der Waals surface area contributed by atoms with E-state index in [9.17, 15) is 9.90 Å². The number of likely N-dealkylation sites (N-methyl/N-ethyl adjacent to an activating group) is 1. The fourth-order valence-corrected chi connectivity index (χ4v) is 5.40. The minimum Gasteiger partial charge on any atom is -0.507 e. The summed E-state index contributed by atoms with van der Waals surface area (Å²) in [6.45, 7) is 2.11. The van der Waals surface area contributed by atoms with Gasteiger partial charge in [0.25, 0.3) is 0 Å². The molecule has 5 rings (SSSR count). The summed E-state index contributed by atoms with van der Waals surface area (Å²) in [5.41, 5.74) is 4.36. The summed E-state index contributed by atoms with van der Waals surface area (Å²) in [6.07, 6.45) is 0.691. The maximum Gasteiger partial charge on any atom is 0.195 e. The molecule has 0 fully saturated rings. The van der Waals surface area contributed by atoms with Crippen molar-refractivity contribution in [3.63, 3.8) is 0 Å². The molecule has 3 aromatic carbocycles. The predicted molar refractivity (Wildman–Crippen MR) is 116 cm³/mol. The van der Waals surface area contributed by atoms with Crippen LogP contribution in [0.3, 0.4) is 0 Å². The highest BCUT2D eigenvalue weighted by atomic mass is 16.3. The van der Waals surface area contributed by atoms with Crippen LogP contribution in [-0.2, 0) is 0 Å². The Morgan fingerprint density at radius 3 is 2.24 bits per heavy atom. The first kappa shape index (κ1) is 17.7. The van der Waals surface area contributed by atoms with Gasteiger partial charge in [0.15, 0.2) is 5.78 Å². The maximum absolute atomic E-state index is 13.7. The molecular formula is C26H23NO2. The molecule has 3 aromatic rings. The number of para-hydroxylation sites is 1. The lowest BCUT2D eigenvalue weighted by Gasteiger charge is -2.54. The molecular weight excluding hydrogens is 358 g/mol. The van der Waals surface area contributed by atoms with Crippen LogP contribution in [0.2, 0.25) is 0 Å². The van der Waals surface area contributed by atoms with Crippen molar-refractivity contribution in [2.75, 3.05) is 11.9 Å². The Balaban J connectivity index is 1.93. The fourth-order valence-electron chi connectivity index (χ4n) is 5.40. The molecule has 2 atom stereocenters. The van der Waals surface area contributed by atoms with E-state index in [0.717, 1.165) is 16.8 Å². The van der Waals surface area contributed by atoms with Crippen molar-refractivity contribution >= 4 is 17.2 Å². The van der Waals surface area contributed by atoms with E-state index in [4.69, 9.17) is 0 Å². The summed E-state index contributed by atoms with van der Waals surface area (Å²) in [6, 6.07) is 26.0. The third kappa shape index (κ3) is 2.21. The van der Waals surface area contributed by atoms with Gasteiger partial charge in [0.2, 0.25) is 0 Å². The van der Waals surface area contributed by atoms with Crippen LogP contribution in [-0.4, -0.2) is 23.5 Å². The normalized spacial score (nSPS) is 22.8. The average molecular weight is 381 g/mol. The summed E-state index contributed by atoms with van der Waals surface area (Å²) >= 11 is 0. The van der Waals surface area contributed by atoms with Gasteiger partial charge < -0.3 is 10.0 Å². The largest absolute Gasteiger partial charge is 0.507 e. The van der Waals surface area contributed by atoms with Crippen LogP contribution in [0.5, 0.6) is 0 Å². The number of aliphatic hydroxyl groups excluding tert-OH is 1. The van der Waals surface area contributed by atoms with Crippen LogP contribution in [0, 0.1) is 0 Å². The van der Waals surface area contributed by atoms with Crippen LogP contribution in [0.25, 0.3) is 5.76 Å². The van der Waals surface area contributed by atoms with Gasteiger partial charge in [0.1, 0.15) is 5.76 Å². The molecule has 0 bridgehead atoms. The lowest BCUT2D eigenvalue weighted by Crippen LogP contribution is -2.58. The Morgan fingerprint density at radius 2 is 1.52 bits per heavy atom. The Morgan fingerprint density at radius 1 is 0.897 bits per heavy atom. The van der Waals surface area contributed by atoms with E-state index >= 15 is 0 Å². The highest BCUT2D eigenvalue weighted by Gasteiger charge is 2.56. The second-order valence-electron chi connectivity index (χ2n) is 7.84. The Bertz CT molecular complexity index is 1150. The van der Waals surface area contributed by atoms with Crippen molar-refractivity contribution < 1.29 is 9.90 Å². The van der Waals surface area contributed by atoms with Crippen molar-refractivity contribution in [2.45, 2.75) is 24.8 Å². The smallest absolute Gasteiger partial charge is 0.195 e. The lowest BCUT2D eigenvalue weighted by atomic mass is 9.60. The monoisotopic (exact) mass is 381 g/mol. The van der Waals surface area contributed by atoms with Crippen LogP contribution in [0.4, 0.5) is 5.69 Å². The first-order valence-corrected chi connectivity index (χ1v) is 10.1. The standard InChI is InChI=1S/C26H23NO2/c1-3-26-22(17-11-5-4-6-12-17)18-13-7-8-14-19(18)24(28)23(26)25(29)20-15-9-10-16-21(20)27(26)2/h4-16,22,29H,3H2,1-2H3/t22-,26+/m1/s1. The molecule has 0 amide bonds. The van der Waals surface area contributed by atoms with Crippen molar-refractivity contribution in [2.24, 2.45) is 0 Å². The number of aliphatic hydroxyl groups is 1. The molecule has 1 N–H and O–H groups in total. The molecule has 0 spiro atoms. The molecule has 1 aliphatic carbocycles. The van der Waals surface area contributed by atoms with Crippen LogP contribution in [0.1, 0.15) is 46.3 Å². The molecule has 29 heavy (non-hydrogen) atoms. The summed E-state index contributed by atoms with van der Waals surface area (Å²) in [5, 5.41) is 11.4. The number of carbonyl (C=O) groups excluding carboxylic acids is 1. The Kier molecular flexibility index (Phi) is 3.88. The number of ketones is 1. The number of Topliss-reactive ketones (excluding diaryl/α,β-unsaturated/α-hetero) is 1. The number of carbonyl (C=O) groups is 1.